The molecule has 0 unspecified atom stereocenters. The largest absolute Gasteiger partial charge is 0.331 e. The third kappa shape index (κ3) is 3.38. The fraction of sp³-hybridized carbons (Fsp3) is 0.812. The normalized spacial score (nSPS) is 15.6. The van der Waals surface area contributed by atoms with Crippen molar-refractivity contribution in [2.75, 3.05) is 6.54 Å². The van der Waals surface area contributed by atoms with Crippen LogP contribution in [0.5, 0.6) is 0 Å². The fourth-order valence-electron chi connectivity index (χ4n) is 2.88. The van der Waals surface area contributed by atoms with Gasteiger partial charge in [-0.15, -0.1) is 0 Å². The van der Waals surface area contributed by atoms with Crippen LogP contribution in [0.4, 0.5) is 0 Å². The Morgan fingerprint density at radius 3 is 2.68 bits per heavy atom. The van der Waals surface area contributed by atoms with E-state index >= 15 is 0 Å². The quantitative estimate of drug-likeness (QED) is 0.825. The highest BCUT2D eigenvalue weighted by Gasteiger charge is 2.26. The van der Waals surface area contributed by atoms with Crippen molar-refractivity contribution in [1.29, 1.82) is 0 Å². The monoisotopic (exact) mass is 263 g/mol. The molecule has 1 N–H and O–H groups in total. The smallest absolute Gasteiger partial charge is 0.114 e. The summed E-state index contributed by atoms with van der Waals surface area (Å²) in [7, 11) is 0. The Labute approximate surface area is 117 Å². The van der Waals surface area contributed by atoms with Gasteiger partial charge in [-0.1, -0.05) is 47.0 Å². The summed E-state index contributed by atoms with van der Waals surface area (Å²) in [5, 5.41) is 3.43. The summed E-state index contributed by atoms with van der Waals surface area (Å²) in [5.74, 6) is 1.28. The van der Waals surface area contributed by atoms with Gasteiger partial charge in [0.2, 0.25) is 0 Å². The van der Waals surface area contributed by atoms with E-state index in [1.807, 2.05) is 0 Å². The Balaban J connectivity index is 2.20. The van der Waals surface area contributed by atoms with Crippen LogP contribution in [0.2, 0.25) is 0 Å². The van der Waals surface area contributed by atoms with E-state index in [0.717, 1.165) is 26.1 Å². The lowest BCUT2D eigenvalue weighted by molar-refractivity contribution is 0.471. The molecule has 2 heterocycles. The lowest BCUT2D eigenvalue weighted by atomic mass is 9.95. The molecule has 1 aromatic heterocycles. The van der Waals surface area contributed by atoms with Crippen molar-refractivity contribution in [1.82, 2.24) is 14.9 Å². The number of rotatable bonds is 5. The summed E-state index contributed by atoms with van der Waals surface area (Å²) < 4.78 is 2.52. The Kier molecular flexibility index (Phi) is 4.67. The molecule has 1 aliphatic rings. The second-order valence-corrected chi connectivity index (χ2v) is 6.72. The maximum Gasteiger partial charge on any atom is 0.114 e. The van der Waals surface area contributed by atoms with Crippen molar-refractivity contribution in [3.05, 3.63) is 17.2 Å². The zero-order chi connectivity index (χ0) is 13.9. The van der Waals surface area contributed by atoms with Crippen molar-refractivity contribution in [2.24, 2.45) is 0 Å². The van der Waals surface area contributed by atoms with Crippen LogP contribution in [-0.4, -0.2) is 16.1 Å². The van der Waals surface area contributed by atoms with Crippen LogP contribution in [0, 0.1) is 0 Å². The molecule has 0 aromatic carbocycles. The average molecular weight is 263 g/mol. The summed E-state index contributed by atoms with van der Waals surface area (Å²) in [4.78, 5) is 4.92. The number of hydrogen-bond acceptors (Lipinski definition) is 2. The Morgan fingerprint density at radius 1 is 1.21 bits per heavy atom. The Morgan fingerprint density at radius 2 is 2.00 bits per heavy atom. The van der Waals surface area contributed by atoms with Gasteiger partial charge in [0.25, 0.3) is 0 Å². The van der Waals surface area contributed by atoms with Crippen LogP contribution >= 0.6 is 0 Å². The highest BCUT2D eigenvalue weighted by molar-refractivity contribution is 5.23. The molecule has 3 nitrogen and oxygen atoms in total. The first-order chi connectivity index (χ1) is 9.04. The maximum atomic E-state index is 4.92. The van der Waals surface area contributed by atoms with E-state index in [9.17, 15) is 0 Å². The van der Waals surface area contributed by atoms with Gasteiger partial charge in [0, 0.05) is 37.2 Å². The van der Waals surface area contributed by atoms with Crippen LogP contribution in [-0.2, 0) is 24.9 Å². The molecular weight excluding hydrogens is 234 g/mol. The van der Waals surface area contributed by atoms with Gasteiger partial charge in [0.15, 0.2) is 0 Å². The van der Waals surface area contributed by atoms with Crippen LogP contribution in [0.25, 0.3) is 0 Å². The van der Waals surface area contributed by atoms with Gasteiger partial charge in [0.1, 0.15) is 5.82 Å². The number of nitrogens with zero attached hydrogens (tertiary/aromatic N) is 2. The first kappa shape index (κ1) is 14.6. The van der Waals surface area contributed by atoms with Gasteiger partial charge >= 0.3 is 0 Å². The van der Waals surface area contributed by atoms with Gasteiger partial charge in [-0.3, -0.25) is 0 Å². The number of fused-ring (bicyclic) bond motifs is 1. The fourth-order valence-corrected chi connectivity index (χ4v) is 2.88. The van der Waals surface area contributed by atoms with Crippen LogP contribution in [0.1, 0.15) is 70.6 Å². The van der Waals surface area contributed by atoms with E-state index in [1.54, 1.807) is 0 Å². The van der Waals surface area contributed by atoms with Crippen LogP contribution in [0.3, 0.4) is 0 Å². The van der Waals surface area contributed by atoms with E-state index in [0.29, 0.717) is 0 Å². The van der Waals surface area contributed by atoms with Crippen molar-refractivity contribution < 1.29 is 0 Å². The second kappa shape index (κ2) is 6.08. The van der Waals surface area contributed by atoms with E-state index in [1.165, 1.54) is 42.9 Å². The number of nitrogens with one attached hydrogen (secondary N) is 1. The predicted molar refractivity (Wildman–Crippen MR) is 80.5 cm³/mol. The Bertz CT molecular complexity index is 412. The van der Waals surface area contributed by atoms with Gasteiger partial charge in [0.05, 0.1) is 5.69 Å². The number of imidazole rings is 1. The highest BCUT2D eigenvalue weighted by atomic mass is 15.1. The molecule has 0 fully saturated rings. The zero-order valence-corrected chi connectivity index (χ0v) is 13.1. The number of hydrogen-bond donors (Lipinski definition) is 1. The molecule has 0 saturated carbocycles. The van der Waals surface area contributed by atoms with Crippen molar-refractivity contribution in [3.63, 3.8) is 0 Å². The first-order valence-electron chi connectivity index (χ1n) is 7.83. The van der Waals surface area contributed by atoms with E-state index in [2.05, 4.69) is 37.6 Å². The van der Waals surface area contributed by atoms with Crippen molar-refractivity contribution in [3.8, 4) is 0 Å². The molecular formula is C16H29N3. The number of aromatic nitrogens is 2. The van der Waals surface area contributed by atoms with Gasteiger partial charge in [-0.05, 0) is 6.42 Å². The van der Waals surface area contributed by atoms with E-state index < -0.39 is 0 Å². The predicted octanol–water partition coefficient (Wildman–Crippen LogP) is 3.41. The molecule has 2 rings (SSSR count). The molecule has 0 aliphatic carbocycles. The molecule has 0 amide bonds. The molecule has 0 saturated heterocycles. The second-order valence-electron chi connectivity index (χ2n) is 6.72. The highest BCUT2D eigenvalue weighted by Crippen LogP contribution is 2.26. The number of unbranched alkanes of at least 4 members (excludes halogenated alkanes) is 3. The van der Waals surface area contributed by atoms with Crippen molar-refractivity contribution in [2.45, 2.75) is 78.3 Å². The molecule has 1 aromatic rings. The summed E-state index contributed by atoms with van der Waals surface area (Å²) in [6, 6.07) is 0. The first-order valence-corrected chi connectivity index (χ1v) is 7.83. The van der Waals surface area contributed by atoms with Crippen molar-refractivity contribution >= 4 is 0 Å². The minimum absolute atomic E-state index is 0.141. The lowest BCUT2D eigenvalue weighted by Gasteiger charge is -2.22. The van der Waals surface area contributed by atoms with Gasteiger partial charge < -0.3 is 9.88 Å². The summed E-state index contributed by atoms with van der Waals surface area (Å²) in [6.45, 7) is 12.3. The minimum atomic E-state index is 0.141. The van der Waals surface area contributed by atoms with Gasteiger partial charge in [-0.25, -0.2) is 4.98 Å². The molecule has 0 atom stereocenters. The lowest BCUT2D eigenvalue weighted by Crippen LogP contribution is -2.25. The molecule has 3 heteroatoms. The minimum Gasteiger partial charge on any atom is -0.331 e. The molecule has 19 heavy (non-hydrogen) atoms. The molecule has 0 radical (unpaired) electrons. The van der Waals surface area contributed by atoms with E-state index in [-0.39, 0.29) is 5.41 Å². The summed E-state index contributed by atoms with van der Waals surface area (Å²) in [6.07, 6.45) is 6.41. The third-order valence-corrected chi connectivity index (χ3v) is 3.89. The summed E-state index contributed by atoms with van der Waals surface area (Å²) in [5.41, 5.74) is 2.91. The molecule has 1 aliphatic heterocycles. The van der Waals surface area contributed by atoms with E-state index in [4.69, 9.17) is 4.98 Å². The van der Waals surface area contributed by atoms with Crippen LogP contribution in [0.15, 0.2) is 0 Å². The molecule has 0 bridgehead atoms. The molecule has 108 valence electrons. The Hall–Kier alpha value is -0.830. The third-order valence-electron chi connectivity index (χ3n) is 3.89. The van der Waals surface area contributed by atoms with Crippen LogP contribution < -0.4 is 5.32 Å². The average Bonchev–Trinajstić information content (AvgIpc) is 2.74. The molecule has 0 spiro atoms. The maximum absolute atomic E-state index is 4.92. The summed E-state index contributed by atoms with van der Waals surface area (Å²) >= 11 is 0. The van der Waals surface area contributed by atoms with Gasteiger partial charge in [-0.2, -0.15) is 0 Å². The zero-order valence-electron chi connectivity index (χ0n) is 13.1. The SMILES string of the molecule is CCCCCCn1c(C(C)(C)C)nc2c1CCNC2. The standard InChI is InChI=1S/C16H29N3/c1-5-6-7-8-11-19-14-9-10-17-12-13(14)18-15(19)16(2,3)4/h17H,5-12H2,1-4H3. The topological polar surface area (TPSA) is 29.9 Å².